The SMILES string of the molecule is CCOC(=O)c1cccc(N)c1Oc1cccnc1. The van der Waals surface area contributed by atoms with E-state index in [4.69, 9.17) is 15.2 Å². The van der Waals surface area contributed by atoms with Crippen molar-refractivity contribution in [3.05, 3.63) is 48.3 Å². The summed E-state index contributed by atoms with van der Waals surface area (Å²) in [7, 11) is 0. The van der Waals surface area contributed by atoms with Crippen LogP contribution in [0.25, 0.3) is 0 Å². The Morgan fingerprint density at radius 3 is 2.84 bits per heavy atom. The molecular formula is C14H14N2O3. The number of nitrogens with two attached hydrogens (primary N) is 1. The van der Waals surface area contributed by atoms with Crippen LogP contribution < -0.4 is 10.5 Å². The lowest BCUT2D eigenvalue weighted by Gasteiger charge is -2.12. The summed E-state index contributed by atoms with van der Waals surface area (Å²) in [6.45, 7) is 2.03. The Bertz CT molecular complexity index is 570. The van der Waals surface area contributed by atoms with E-state index in [0.717, 1.165) is 0 Å². The molecule has 0 radical (unpaired) electrons. The van der Waals surface area contributed by atoms with Crippen LogP contribution in [0, 0.1) is 0 Å². The van der Waals surface area contributed by atoms with Gasteiger partial charge in [0.15, 0.2) is 5.75 Å². The summed E-state index contributed by atoms with van der Waals surface area (Å²) in [5.41, 5.74) is 6.52. The highest BCUT2D eigenvalue weighted by molar-refractivity contribution is 5.94. The number of carbonyl (C=O) groups is 1. The summed E-state index contributed by atoms with van der Waals surface area (Å²) < 4.78 is 10.6. The molecule has 0 atom stereocenters. The van der Waals surface area contributed by atoms with E-state index in [2.05, 4.69) is 4.98 Å². The van der Waals surface area contributed by atoms with Gasteiger partial charge < -0.3 is 15.2 Å². The maximum atomic E-state index is 11.8. The zero-order chi connectivity index (χ0) is 13.7. The van der Waals surface area contributed by atoms with Crippen LogP contribution in [0.1, 0.15) is 17.3 Å². The maximum absolute atomic E-state index is 11.8. The highest BCUT2D eigenvalue weighted by Gasteiger charge is 2.16. The average molecular weight is 258 g/mol. The lowest BCUT2D eigenvalue weighted by atomic mass is 10.1. The predicted molar refractivity (Wildman–Crippen MR) is 71.1 cm³/mol. The van der Waals surface area contributed by atoms with Crippen LogP contribution in [0.4, 0.5) is 5.69 Å². The quantitative estimate of drug-likeness (QED) is 0.674. The van der Waals surface area contributed by atoms with Crippen LogP contribution in [-0.4, -0.2) is 17.6 Å². The van der Waals surface area contributed by atoms with Crippen LogP contribution in [0.2, 0.25) is 0 Å². The molecule has 5 heteroatoms. The van der Waals surface area contributed by atoms with Gasteiger partial charge in [-0.1, -0.05) is 6.07 Å². The molecule has 2 aromatic rings. The molecule has 0 aliphatic rings. The smallest absolute Gasteiger partial charge is 0.342 e. The Kier molecular flexibility index (Phi) is 3.97. The molecular weight excluding hydrogens is 244 g/mol. The number of ether oxygens (including phenoxy) is 2. The fraction of sp³-hybridized carbons (Fsp3) is 0.143. The van der Waals surface area contributed by atoms with Crippen LogP contribution in [0.3, 0.4) is 0 Å². The number of nitrogen functional groups attached to an aromatic ring is 1. The number of nitrogens with zero attached hydrogens (tertiary/aromatic N) is 1. The third kappa shape index (κ3) is 3.01. The van der Waals surface area contributed by atoms with Gasteiger partial charge in [-0.25, -0.2) is 4.79 Å². The predicted octanol–water partition coefficient (Wildman–Crippen LogP) is 2.63. The topological polar surface area (TPSA) is 74.4 Å². The van der Waals surface area contributed by atoms with E-state index in [1.165, 1.54) is 0 Å². The van der Waals surface area contributed by atoms with Gasteiger partial charge >= 0.3 is 5.97 Å². The van der Waals surface area contributed by atoms with Gasteiger partial charge in [0.1, 0.15) is 11.3 Å². The first-order valence-electron chi connectivity index (χ1n) is 5.86. The molecule has 0 bridgehead atoms. The van der Waals surface area contributed by atoms with Crippen LogP contribution in [0.15, 0.2) is 42.7 Å². The van der Waals surface area contributed by atoms with Crippen molar-refractivity contribution >= 4 is 11.7 Å². The van der Waals surface area contributed by atoms with Gasteiger partial charge in [0, 0.05) is 6.20 Å². The van der Waals surface area contributed by atoms with Crippen molar-refractivity contribution in [1.82, 2.24) is 4.98 Å². The summed E-state index contributed by atoms with van der Waals surface area (Å²) in [5, 5.41) is 0. The minimum absolute atomic E-state index is 0.286. The number of aromatic nitrogens is 1. The van der Waals surface area contributed by atoms with E-state index in [1.807, 2.05) is 0 Å². The lowest BCUT2D eigenvalue weighted by Crippen LogP contribution is -2.08. The Morgan fingerprint density at radius 2 is 2.16 bits per heavy atom. The van der Waals surface area contributed by atoms with Crippen molar-refractivity contribution < 1.29 is 14.3 Å². The van der Waals surface area contributed by atoms with Gasteiger partial charge in [0.05, 0.1) is 18.5 Å². The fourth-order valence-electron chi connectivity index (χ4n) is 1.56. The molecule has 0 aliphatic heterocycles. The molecule has 19 heavy (non-hydrogen) atoms. The Morgan fingerprint density at radius 1 is 1.32 bits per heavy atom. The molecule has 5 nitrogen and oxygen atoms in total. The minimum atomic E-state index is -0.464. The molecule has 2 rings (SSSR count). The van der Waals surface area contributed by atoms with Crippen LogP contribution in [-0.2, 0) is 4.74 Å². The zero-order valence-electron chi connectivity index (χ0n) is 10.5. The molecule has 98 valence electrons. The number of benzene rings is 1. The van der Waals surface area contributed by atoms with Gasteiger partial charge in [0.2, 0.25) is 0 Å². The third-order valence-corrected chi connectivity index (χ3v) is 2.40. The van der Waals surface area contributed by atoms with Crippen molar-refractivity contribution in [2.24, 2.45) is 0 Å². The summed E-state index contributed by atoms with van der Waals surface area (Å²) >= 11 is 0. The van der Waals surface area contributed by atoms with Crippen molar-refractivity contribution in [2.45, 2.75) is 6.92 Å². The van der Waals surface area contributed by atoms with Gasteiger partial charge in [0.25, 0.3) is 0 Å². The molecule has 0 unspecified atom stereocenters. The third-order valence-electron chi connectivity index (χ3n) is 2.40. The van der Waals surface area contributed by atoms with Crippen molar-refractivity contribution in [3.8, 4) is 11.5 Å². The first-order chi connectivity index (χ1) is 9.22. The molecule has 0 aliphatic carbocycles. The Hall–Kier alpha value is -2.56. The van der Waals surface area contributed by atoms with Gasteiger partial charge in [-0.05, 0) is 31.2 Å². The van der Waals surface area contributed by atoms with Crippen molar-refractivity contribution in [1.29, 1.82) is 0 Å². The normalized spacial score (nSPS) is 9.95. The number of pyridine rings is 1. The number of anilines is 1. The summed E-state index contributed by atoms with van der Waals surface area (Å²) in [4.78, 5) is 15.8. The van der Waals surface area contributed by atoms with Crippen LogP contribution in [0.5, 0.6) is 11.5 Å². The second-order valence-corrected chi connectivity index (χ2v) is 3.74. The van der Waals surface area contributed by atoms with Crippen molar-refractivity contribution in [2.75, 3.05) is 12.3 Å². The summed E-state index contributed by atoms with van der Waals surface area (Å²) in [5.74, 6) is 0.327. The first-order valence-corrected chi connectivity index (χ1v) is 5.86. The van der Waals surface area contributed by atoms with E-state index in [1.54, 1.807) is 49.6 Å². The average Bonchev–Trinajstić information content (AvgIpc) is 2.42. The summed E-state index contributed by atoms with van der Waals surface area (Å²) in [6.07, 6.45) is 3.18. The minimum Gasteiger partial charge on any atom is -0.462 e. The van der Waals surface area contributed by atoms with E-state index in [0.29, 0.717) is 23.6 Å². The lowest BCUT2D eigenvalue weighted by molar-refractivity contribution is 0.0523. The molecule has 0 fully saturated rings. The molecule has 1 aromatic heterocycles. The first kappa shape index (κ1) is 12.9. The number of para-hydroxylation sites is 1. The maximum Gasteiger partial charge on any atom is 0.342 e. The zero-order valence-corrected chi connectivity index (χ0v) is 10.5. The number of esters is 1. The fourth-order valence-corrected chi connectivity index (χ4v) is 1.56. The van der Waals surface area contributed by atoms with E-state index >= 15 is 0 Å². The molecule has 0 spiro atoms. The molecule has 0 saturated heterocycles. The second-order valence-electron chi connectivity index (χ2n) is 3.74. The van der Waals surface area contributed by atoms with Gasteiger partial charge in [-0.15, -0.1) is 0 Å². The molecule has 0 amide bonds. The number of carbonyl (C=O) groups excluding carboxylic acids is 1. The highest BCUT2D eigenvalue weighted by atomic mass is 16.5. The van der Waals surface area contributed by atoms with Crippen LogP contribution >= 0.6 is 0 Å². The Balaban J connectivity index is 2.36. The monoisotopic (exact) mass is 258 g/mol. The second kappa shape index (κ2) is 5.86. The number of rotatable bonds is 4. The van der Waals surface area contributed by atoms with Gasteiger partial charge in [-0.3, -0.25) is 4.98 Å². The Labute approximate surface area is 111 Å². The standard InChI is InChI=1S/C14H14N2O3/c1-2-18-14(17)11-6-3-7-12(15)13(11)19-10-5-4-8-16-9-10/h3-9H,2,15H2,1H3. The van der Waals surface area contributed by atoms with Crippen molar-refractivity contribution in [3.63, 3.8) is 0 Å². The van der Waals surface area contributed by atoms with Gasteiger partial charge in [-0.2, -0.15) is 0 Å². The molecule has 1 heterocycles. The molecule has 1 aromatic carbocycles. The van der Waals surface area contributed by atoms with E-state index < -0.39 is 5.97 Å². The molecule has 0 saturated carbocycles. The number of hydrogen-bond acceptors (Lipinski definition) is 5. The van der Waals surface area contributed by atoms with E-state index in [-0.39, 0.29) is 5.75 Å². The highest BCUT2D eigenvalue weighted by Crippen LogP contribution is 2.31. The number of hydrogen-bond donors (Lipinski definition) is 1. The van der Waals surface area contributed by atoms with E-state index in [9.17, 15) is 4.79 Å². The molecule has 2 N–H and O–H groups in total. The largest absolute Gasteiger partial charge is 0.462 e. The summed E-state index contributed by atoms with van der Waals surface area (Å²) in [6, 6.07) is 8.42.